The molecule has 2 aliphatic heterocycles. The number of fused-ring (bicyclic) bond motifs is 3. The number of carbonyl (C=O) groups excluding carboxylic acids is 2. The fraction of sp³-hybridized carbons (Fsp3) is 0.667. The van der Waals surface area contributed by atoms with Gasteiger partial charge in [-0.2, -0.15) is 4.57 Å². The molecule has 3 rings (SSSR count). The van der Waals surface area contributed by atoms with E-state index in [1.807, 2.05) is 13.8 Å². The number of amides is 3. The summed E-state index contributed by atoms with van der Waals surface area (Å²) in [6.45, 7) is 6.41. The molecule has 3 amide bonds. The zero-order valence-electron chi connectivity index (χ0n) is 15.5. The Kier molecular flexibility index (Phi) is 4.92. The number of unbranched alkanes of at least 4 members (excludes halogenated alkanes) is 5. The molecule has 136 valence electrons. The van der Waals surface area contributed by atoms with Gasteiger partial charge in [0.05, 0.1) is 0 Å². The van der Waals surface area contributed by atoms with Gasteiger partial charge in [-0.15, -0.1) is 0 Å². The first-order valence-corrected chi connectivity index (χ1v) is 9.16. The van der Waals surface area contributed by atoms with Gasteiger partial charge in [-0.3, -0.25) is 14.6 Å². The predicted octanol–water partition coefficient (Wildman–Crippen LogP) is 3.02. The predicted molar refractivity (Wildman–Crippen MR) is 92.8 cm³/mol. The number of oxazole rings is 1. The van der Waals surface area contributed by atoms with Gasteiger partial charge in [0.2, 0.25) is 0 Å². The van der Waals surface area contributed by atoms with E-state index in [9.17, 15) is 9.59 Å². The molecule has 1 aromatic heterocycles. The van der Waals surface area contributed by atoms with E-state index in [1.54, 1.807) is 11.6 Å². The van der Waals surface area contributed by atoms with Crippen molar-refractivity contribution in [2.45, 2.75) is 65.3 Å². The smallest absolute Gasteiger partial charge is 0.389 e. The minimum absolute atomic E-state index is 0.206. The summed E-state index contributed by atoms with van der Waals surface area (Å²) in [5.74, 6) is 0.992. The molecule has 1 atom stereocenters. The van der Waals surface area contributed by atoms with Crippen LogP contribution in [0, 0.1) is 13.8 Å². The lowest BCUT2D eigenvalue weighted by molar-refractivity contribution is -0.685. The SMILES string of the molecule is CCCCCCCCN1C(=O)C2C(=Nc3oc(C)c(C)[n+]32)N(C)C1=O. The molecule has 7 nitrogen and oxygen atoms in total. The Labute approximate surface area is 148 Å². The molecule has 0 aliphatic carbocycles. The molecule has 1 fully saturated rings. The van der Waals surface area contributed by atoms with Crippen molar-refractivity contribution in [1.29, 1.82) is 0 Å². The molecule has 0 N–H and O–H groups in total. The molecule has 3 heterocycles. The van der Waals surface area contributed by atoms with E-state index in [2.05, 4.69) is 11.9 Å². The minimum Gasteiger partial charge on any atom is -0.389 e. The first kappa shape index (κ1) is 17.6. The summed E-state index contributed by atoms with van der Waals surface area (Å²) in [7, 11) is 1.67. The quantitative estimate of drug-likeness (QED) is 0.562. The molecule has 1 unspecified atom stereocenters. The van der Waals surface area contributed by atoms with Crippen LogP contribution in [0.3, 0.4) is 0 Å². The third kappa shape index (κ3) is 2.96. The molecule has 1 aromatic rings. The average molecular weight is 347 g/mol. The number of aromatic nitrogens is 1. The number of hydrogen-bond donors (Lipinski definition) is 0. The molecule has 25 heavy (non-hydrogen) atoms. The number of rotatable bonds is 7. The number of urea groups is 1. The molecule has 0 bridgehead atoms. The van der Waals surface area contributed by atoms with Crippen molar-refractivity contribution in [2.75, 3.05) is 13.6 Å². The summed E-state index contributed by atoms with van der Waals surface area (Å²) in [5.41, 5.74) is 0.870. The Balaban J connectivity index is 1.73. The molecule has 0 saturated carbocycles. The van der Waals surface area contributed by atoms with Gasteiger partial charge in [-0.05, 0) is 13.3 Å². The average Bonchev–Trinajstić information content (AvgIpc) is 3.09. The largest absolute Gasteiger partial charge is 0.507 e. The van der Waals surface area contributed by atoms with E-state index < -0.39 is 6.04 Å². The summed E-state index contributed by atoms with van der Waals surface area (Å²) in [6, 6.07) is -0.492. The van der Waals surface area contributed by atoms with Crippen LogP contribution in [0.1, 0.15) is 62.9 Å². The Hall–Kier alpha value is -2.18. The standard InChI is InChI=1S/C18H27N4O3/c1-5-6-7-8-9-10-11-21-16(23)14-15(20(4)18(21)24)19-17-22(14)12(2)13(3)25-17/h14H,5-11H2,1-4H3/q+1. The fourth-order valence-corrected chi connectivity index (χ4v) is 3.48. The number of nitrogens with zero attached hydrogens (tertiary/aromatic N) is 4. The Morgan fingerprint density at radius 1 is 1.12 bits per heavy atom. The van der Waals surface area contributed by atoms with Gasteiger partial charge in [0.25, 0.3) is 17.8 Å². The van der Waals surface area contributed by atoms with Crippen molar-refractivity contribution in [3.05, 3.63) is 11.5 Å². The van der Waals surface area contributed by atoms with Crippen molar-refractivity contribution >= 4 is 23.8 Å². The first-order valence-electron chi connectivity index (χ1n) is 9.16. The summed E-state index contributed by atoms with van der Waals surface area (Å²) in [4.78, 5) is 32.8. The van der Waals surface area contributed by atoms with Crippen molar-refractivity contribution < 1.29 is 18.6 Å². The zero-order valence-corrected chi connectivity index (χ0v) is 15.5. The van der Waals surface area contributed by atoms with Crippen LogP contribution in [0.2, 0.25) is 0 Å². The van der Waals surface area contributed by atoms with Gasteiger partial charge >= 0.3 is 12.0 Å². The second-order valence-electron chi connectivity index (χ2n) is 6.87. The number of likely N-dealkylation sites (N-methyl/N-ethyl adjacent to an activating group) is 1. The number of hydrogen-bond acceptors (Lipinski definition) is 4. The highest BCUT2D eigenvalue weighted by Crippen LogP contribution is 2.30. The van der Waals surface area contributed by atoms with Crippen LogP contribution in [0.5, 0.6) is 0 Å². The van der Waals surface area contributed by atoms with E-state index in [0.29, 0.717) is 18.4 Å². The van der Waals surface area contributed by atoms with Crippen LogP contribution < -0.4 is 4.57 Å². The van der Waals surface area contributed by atoms with Crippen LogP contribution in [0.25, 0.3) is 0 Å². The minimum atomic E-state index is -0.588. The maximum atomic E-state index is 13.0. The molecule has 2 aliphatic rings. The summed E-state index contributed by atoms with van der Waals surface area (Å²) in [6.07, 6.45) is 6.69. The first-order chi connectivity index (χ1) is 12.0. The third-order valence-electron chi connectivity index (χ3n) is 5.13. The maximum absolute atomic E-state index is 13.0. The van der Waals surface area contributed by atoms with Gasteiger partial charge in [0.1, 0.15) is 5.69 Å². The molecule has 0 radical (unpaired) electrons. The zero-order chi connectivity index (χ0) is 18.1. The van der Waals surface area contributed by atoms with Crippen LogP contribution in [-0.2, 0) is 4.79 Å². The monoisotopic (exact) mass is 347 g/mol. The number of imide groups is 1. The molecule has 1 saturated heterocycles. The number of carbonyl (C=O) groups is 2. The number of amidine groups is 1. The highest BCUT2D eigenvalue weighted by atomic mass is 16.4. The van der Waals surface area contributed by atoms with Crippen LogP contribution in [0.4, 0.5) is 10.8 Å². The summed E-state index contributed by atoms with van der Waals surface area (Å²) < 4.78 is 7.41. The fourth-order valence-electron chi connectivity index (χ4n) is 3.48. The van der Waals surface area contributed by atoms with Crippen molar-refractivity contribution in [3.8, 4) is 0 Å². The lowest BCUT2D eigenvalue weighted by Gasteiger charge is -2.32. The van der Waals surface area contributed by atoms with Gasteiger partial charge < -0.3 is 4.42 Å². The molecular weight excluding hydrogens is 320 g/mol. The second-order valence-corrected chi connectivity index (χ2v) is 6.87. The normalized spacial score (nSPS) is 19.4. The molecular formula is C18H27N4O3+. The van der Waals surface area contributed by atoms with Crippen LogP contribution in [0.15, 0.2) is 9.41 Å². The lowest BCUT2D eigenvalue weighted by atomic mass is 10.1. The molecule has 0 aromatic carbocycles. The molecule has 0 spiro atoms. The summed E-state index contributed by atoms with van der Waals surface area (Å²) in [5, 5.41) is 0. The van der Waals surface area contributed by atoms with Crippen LogP contribution >= 0.6 is 0 Å². The van der Waals surface area contributed by atoms with E-state index in [-0.39, 0.29) is 11.9 Å². The van der Waals surface area contributed by atoms with Crippen molar-refractivity contribution in [3.63, 3.8) is 0 Å². The van der Waals surface area contributed by atoms with Gasteiger partial charge in [0.15, 0.2) is 5.76 Å². The van der Waals surface area contributed by atoms with E-state index in [4.69, 9.17) is 4.42 Å². The Morgan fingerprint density at radius 3 is 2.52 bits per heavy atom. The van der Waals surface area contributed by atoms with E-state index in [0.717, 1.165) is 30.7 Å². The highest BCUT2D eigenvalue weighted by Gasteiger charge is 2.55. The second kappa shape index (κ2) is 6.98. The van der Waals surface area contributed by atoms with Crippen LogP contribution in [-0.4, -0.2) is 41.2 Å². The topological polar surface area (TPSA) is 70.0 Å². The van der Waals surface area contributed by atoms with Gasteiger partial charge in [0, 0.05) is 25.5 Å². The van der Waals surface area contributed by atoms with Crippen molar-refractivity contribution in [1.82, 2.24) is 9.80 Å². The van der Waals surface area contributed by atoms with Gasteiger partial charge in [-0.1, -0.05) is 39.0 Å². The maximum Gasteiger partial charge on any atom is 0.507 e. The molecule has 7 heteroatoms. The summed E-state index contributed by atoms with van der Waals surface area (Å²) >= 11 is 0. The number of aryl methyl sites for hydroxylation is 1. The highest BCUT2D eigenvalue weighted by molar-refractivity contribution is 6.18. The Bertz CT molecular complexity index is 722. The lowest BCUT2D eigenvalue weighted by Crippen LogP contribution is -2.63. The number of aliphatic imine (C=N–C) groups is 1. The van der Waals surface area contributed by atoms with E-state index >= 15 is 0 Å². The Morgan fingerprint density at radius 2 is 1.80 bits per heavy atom. The van der Waals surface area contributed by atoms with Crippen molar-refractivity contribution in [2.24, 2.45) is 4.99 Å². The third-order valence-corrected chi connectivity index (χ3v) is 5.13. The van der Waals surface area contributed by atoms with Gasteiger partial charge in [-0.25, -0.2) is 4.79 Å². The van der Waals surface area contributed by atoms with E-state index in [1.165, 1.54) is 29.1 Å².